The number of ether oxygens (including phenoxy) is 2. The fraction of sp³-hybridized carbons (Fsp3) is 0.969. The largest absolute Gasteiger partial charge is 0.462 e. The fourth-order valence-electron chi connectivity index (χ4n) is 7.28. The van der Waals surface area contributed by atoms with Crippen molar-refractivity contribution in [1.29, 1.82) is 0 Å². The molecule has 0 spiro atoms. The predicted molar refractivity (Wildman–Crippen MR) is 160 cm³/mol. The van der Waals surface area contributed by atoms with E-state index in [-0.39, 0.29) is 34.2 Å². The monoisotopic (exact) mass is 556 g/mol. The van der Waals surface area contributed by atoms with E-state index in [9.17, 15) is 4.79 Å². The molecule has 2 rings (SSSR count). The Hall–Kier alpha value is -0.730. The topological polar surface area (TPSA) is 60.5 Å². The van der Waals surface area contributed by atoms with E-state index in [0.29, 0.717) is 12.5 Å². The molecule has 7 heteroatoms. The van der Waals surface area contributed by atoms with Crippen LogP contribution in [0.25, 0.3) is 0 Å². The van der Waals surface area contributed by atoms with Crippen LogP contribution in [-0.2, 0) is 23.9 Å². The van der Waals surface area contributed by atoms with Crippen LogP contribution in [0.15, 0.2) is 0 Å². The molecule has 0 aromatic heterocycles. The molecule has 0 aromatic carbocycles. The maximum absolute atomic E-state index is 12.4. The summed E-state index contributed by atoms with van der Waals surface area (Å²) in [5.74, 6) is -0.0534. The van der Waals surface area contributed by atoms with E-state index >= 15 is 0 Å². The van der Waals surface area contributed by atoms with Crippen LogP contribution >= 0.6 is 0 Å². The lowest BCUT2D eigenvalue weighted by Crippen LogP contribution is -2.61. The first-order valence-electron chi connectivity index (χ1n) is 15.6. The van der Waals surface area contributed by atoms with Gasteiger partial charge in [0.25, 0.3) is 0 Å². The summed E-state index contributed by atoms with van der Waals surface area (Å²) in [4.78, 5) is 23.8. The number of piperidine rings is 2. The van der Waals surface area contributed by atoms with Crippen molar-refractivity contribution in [3.05, 3.63) is 0 Å². The molecule has 0 aromatic rings. The van der Waals surface area contributed by atoms with Crippen LogP contribution in [0.4, 0.5) is 0 Å². The fourth-order valence-corrected chi connectivity index (χ4v) is 7.28. The number of esters is 1. The standard InChI is InChI=1S/C30H58N2O5.C2H6/c1-27(2)20-24(21-28(3,4)31(27)34-9)36-19-17-15-13-11-12-14-16-18-26(33)37-25-22-29(5,6)32(35-10)30(7,8)23-25;1-2/h24-25H,11-23H2,1-10H3;1-2H3. The van der Waals surface area contributed by atoms with Crippen LogP contribution in [0.3, 0.4) is 0 Å². The van der Waals surface area contributed by atoms with Gasteiger partial charge in [-0.2, -0.15) is 10.1 Å². The Labute approximate surface area is 241 Å². The van der Waals surface area contributed by atoms with Crippen molar-refractivity contribution in [2.24, 2.45) is 0 Å². The molecule has 0 saturated carbocycles. The highest BCUT2D eigenvalue weighted by Gasteiger charge is 2.48. The number of carbonyl (C=O) groups is 1. The Morgan fingerprint density at radius 3 is 1.38 bits per heavy atom. The molecule has 7 nitrogen and oxygen atoms in total. The summed E-state index contributed by atoms with van der Waals surface area (Å²) in [6.45, 7) is 22.4. The zero-order valence-electron chi connectivity index (χ0n) is 27.8. The van der Waals surface area contributed by atoms with Crippen molar-refractivity contribution in [3.8, 4) is 0 Å². The van der Waals surface area contributed by atoms with Crippen LogP contribution in [0.2, 0.25) is 0 Å². The second-order valence-corrected chi connectivity index (χ2v) is 13.8. The van der Waals surface area contributed by atoms with Crippen LogP contribution in [0.5, 0.6) is 0 Å². The van der Waals surface area contributed by atoms with E-state index in [2.05, 4.69) is 60.5 Å². The Bertz CT molecular complexity index is 671. The van der Waals surface area contributed by atoms with E-state index in [0.717, 1.165) is 51.6 Å². The molecule has 0 N–H and O–H groups in total. The molecule has 0 atom stereocenters. The highest BCUT2D eigenvalue weighted by Crippen LogP contribution is 2.40. The number of hydroxylamine groups is 4. The first-order chi connectivity index (χ1) is 18.1. The molecule has 0 aliphatic carbocycles. The van der Waals surface area contributed by atoms with Gasteiger partial charge in [-0.3, -0.25) is 4.79 Å². The van der Waals surface area contributed by atoms with Crippen molar-refractivity contribution >= 4 is 5.97 Å². The Balaban J connectivity index is 0.00000371. The lowest BCUT2D eigenvalue weighted by atomic mass is 9.80. The van der Waals surface area contributed by atoms with Crippen LogP contribution in [-0.4, -0.2) is 71.3 Å². The average Bonchev–Trinajstić information content (AvgIpc) is 2.79. The first-order valence-corrected chi connectivity index (χ1v) is 15.6. The van der Waals surface area contributed by atoms with E-state index < -0.39 is 0 Å². The number of rotatable bonds is 14. The molecule has 0 unspecified atom stereocenters. The first kappa shape index (κ1) is 36.3. The maximum Gasteiger partial charge on any atom is 0.306 e. The minimum absolute atomic E-state index is 0.0254. The molecule has 39 heavy (non-hydrogen) atoms. The van der Waals surface area contributed by atoms with Gasteiger partial charge in [0.1, 0.15) is 6.10 Å². The number of nitrogens with zero attached hydrogens (tertiary/aromatic N) is 2. The molecule has 2 aliphatic heterocycles. The lowest BCUT2D eigenvalue weighted by molar-refractivity contribution is -0.280. The molecule has 2 heterocycles. The third-order valence-corrected chi connectivity index (χ3v) is 8.15. The van der Waals surface area contributed by atoms with Gasteiger partial charge in [-0.05, 0) is 81.1 Å². The van der Waals surface area contributed by atoms with Gasteiger partial charge in [0, 0.05) is 48.0 Å². The van der Waals surface area contributed by atoms with Gasteiger partial charge in [0.15, 0.2) is 0 Å². The van der Waals surface area contributed by atoms with Gasteiger partial charge in [0.2, 0.25) is 0 Å². The van der Waals surface area contributed by atoms with E-state index in [1.54, 1.807) is 14.2 Å². The zero-order chi connectivity index (χ0) is 29.9. The summed E-state index contributed by atoms with van der Waals surface area (Å²) < 4.78 is 12.1. The molecule has 2 saturated heterocycles. The third kappa shape index (κ3) is 11.2. The highest BCUT2D eigenvalue weighted by molar-refractivity contribution is 5.69. The summed E-state index contributed by atoms with van der Waals surface area (Å²) in [6, 6.07) is 0. The molecule has 2 fully saturated rings. The number of hydrogen-bond acceptors (Lipinski definition) is 7. The summed E-state index contributed by atoms with van der Waals surface area (Å²) >= 11 is 0. The van der Waals surface area contributed by atoms with Gasteiger partial charge in [-0.1, -0.05) is 46.0 Å². The smallest absolute Gasteiger partial charge is 0.306 e. The van der Waals surface area contributed by atoms with Gasteiger partial charge >= 0.3 is 5.97 Å². The van der Waals surface area contributed by atoms with Crippen LogP contribution in [0, 0.1) is 0 Å². The second kappa shape index (κ2) is 16.1. The molecular weight excluding hydrogens is 492 g/mol. The van der Waals surface area contributed by atoms with Crippen LogP contribution in [0.1, 0.15) is 146 Å². The number of hydrogen-bond donors (Lipinski definition) is 0. The molecule has 232 valence electrons. The summed E-state index contributed by atoms with van der Waals surface area (Å²) in [5, 5.41) is 4.18. The summed E-state index contributed by atoms with van der Waals surface area (Å²) in [6.07, 6.45) is 12.3. The molecular formula is C32H64N2O5. The van der Waals surface area contributed by atoms with Gasteiger partial charge in [-0.25, -0.2) is 0 Å². The molecule has 0 amide bonds. The van der Waals surface area contributed by atoms with E-state index in [4.69, 9.17) is 19.1 Å². The van der Waals surface area contributed by atoms with Crippen molar-refractivity contribution in [1.82, 2.24) is 10.1 Å². The SMILES string of the molecule is CC.CON1C(C)(C)CC(OCCCCCCCCCC(=O)OC2CC(C)(C)N(OC)C(C)(C)C2)CC1(C)C. The van der Waals surface area contributed by atoms with Crippen molar-refractivity contribution < 1.29 is 23.9 Å². The Kier molecular flexibility index (Phi) is 14.9. The Morgan fingerprint density at radius 1 is 0.615 bits per heavy atom. The van der Waals surface area contributed by atoms with Gasteiger partial charge < -0.3 is 19.1 Å². The highest BCUT2D eigenvalue weighted by atomic mass is 16.7. The average molecular weight is 557 g/mol. The van der Waals surface area contributed by atoms with Crippen molar-refractivity contribution in [3.63, 3.8) is 0 Å². The minimum atomic E-state index is -0.165. The normalized spacial score (nSPS) is 23.2. The summed E-state index contributed by atoms with van der Waals surface area (Å²) in [7, 11) is 3.49. The van der Waals surface area contributed by atoms with Gasteiger partial charge in [-0.15, -0.1) is 0 Å². The van der Waals surface area contributed by atoms with E-state index in [1.165, 1.54) is 25.7 Å². The predicted octanol–water partition coefficient (Wildman–Crippen LogP) is 7.86. The number of unbranched alkanes of at least 4 members (excludes halogenated alkanes) is 6. The van der Waals surface area contributed by atoms with E-state index in [1.807, 2.05) is 18.9 Å². The third-order valence-electron chi connectivity index (χ3n) is 8.15. The Morgan fingerprint density at radius 2 is 0.974 bits per heavy atom. The van der Waals surface area contributed by atoms with Crippen LogP contribution < -0.4 is 0 Å². The maximum atomic E-state index is 12.4. The molecule has 2 aliphatic rings. The van der Waals surface area contributed by atoms with Crippen molar-refractivity contribution in [2.45, 2.75) is 181 Å². The van der Waals surface area contributed by atoms with Gasteiger partial charge in [0.05, 0.1) is 20.3 Å². The quantitative estimate of drug-likeness (QED) is 0.159. The minimum Gasteiger partial charge on any atom is -0.462 e. The number of carbonyl (C=O) groups excluding carboxylic acids is 1. The van der Waals surface area contributed by atoms with Crippen molar-refractivity contribution in [2.75, 3.05) is 20.8 Å². The molecule has 0 bridgehead atoms. The molecule has 0 radical (unpaired) electrons. The lowest BCUT2D eigenvalue weighted by Gasteiger charge is -2.53. The summed E-state index contributed by atoms with van der Waals surface area (Å²) in [5.41, 5.74) is -0.382. The second-order valence-electron chi connectivity index (χ2n) is 13.8. The zero-order valence-corrected chi connectivity index (χ0v) is 27.8.